The lowest BCUT2D eigenvalue weighted by atomic mass is 9.89. The normalized spacial score (nSPS) is 11.6. The molecule has 0 spiro atoms. The topological polar surface area (TPSA) is 3.24 Å². The third-order valence-electron chi connectivity index (χ3n) is 12.6. The van der Waals surface area contributed by atoms with E-state index >= 15 is 0 Å². The first-order valence-electron chi connectivity index (χ1n) is 21.1. The molecule has 0 saturated heterocycles. The third-order valence-corrected chi connectivity index (χ3v) is 12.6. The number of nitrogens with zero attached hydrogens (tertiary/aromatic N) is 1. The summed E-state index contributed by atoms with van der Waals surface area (Å²) in [6, 6.07) is 87.1. The Bertz CT molecular complexity index is 3640. The lowest BCUT2D eigenvalue weighted by Crippen LogP contribution is -2.11. The monoisotopic (exact) mass is 773 g/mol. The van der Waals surface area contributed by atoms with Gasteiger partial charge in [-0.15, -0.1) is 0 Å². The van der Waals surface area contributed by atoms with E-state index in [1.165, 1.54) is 92.5 Å². The van der Waals surface area contributed by atoms with Crippen LogP contribution < -0.4 is 4.90 Å². The van der Waals surface area contributed by atoms with E-state index in [4.69, 9.17) is 0 Å². The minimum atomic E-state index is 1.10. The van der Waals surface area contributed by atoms with Crippen molar-refractivity contribution in [3.8, 4) is 33.4 Å². The van der Waals surface area contributed by atoms with E-state index in [2.05, 4.69) is 241 Å². The van der Waals surface area contributed by atoms with Crippen molar-refractivity contribution < 1.29 is 0 Å². The molecule has 0 heterocycles. The molecular formula is C60H39N. The predicted octanol–water partition coefficient (Wildman–Crippen LogP) is 17.1. The summed E-state index contributed by atoms with van der Waals surface area (Å²) >= 11 is 0. The first-order chi connectivity index (χ1) is 30.2. The van der Waals surface area contributed by atoms with Crippen LogP contribution >= 0.6 is 0 Å². The Morgan fingerprint density at radius 2 is 0.705 bits per heavy atom. The first-order valence-corrected chi connectivity index (χ1v) is 21.1. The number of anilines is 3. The number of fused-ring (bicyclic) bond motifs is 9. The SMILES string of the molecule is c1ccc(-c2ccc(N(c3ccc4c(ccc5ccccc54)c3)c3cc4ccccc4cc3-c3cccc(-c4cc5c6ccccc6ccc5c5ccccc45)c3)cc2)cc1. The highest BCUT2D eigenvalue weighted by Crippen LogP contribution is 2.46. The molecule has 12 rings (SSSR count). The number of hydrogen-bond donors (Lipinski definition) is 0. The van der Waals surface area contributed by atoms with Crippen molar-refractivity contribution >= 4 is 81.7 Å². The Hall–Kier alpha value is -8.00. The molecule has 0 unspecified atom stereocenters. The van der Waals surface area contributed by atoms with Gasteiger partial charge in [0.2, 0.25) is 0 Å². The molecule has 0 fully saturated rings. The van der Waals surface area contributed by atoms with Gasteiger partial charge in [0.15, 0.2) is 0 Å². The van der Waals surface area contributed by atoms with E-state index < -0.39 is 0 Å². The first kappa shape index (κ1) is 35.0. The highest BCUT2D eigenvalue weighted by molar-refractivity contribution is 6.21. The summed E-state index contributed by atoms with van der Waals surface area (Å²) in [4.78, 5) is 2.45. The molecule has 61 heavy (non-hydrogen) atoms. The van der Waals surface area contributed by atoms with Crippen LogP contribution in [0.5, 0.6) is 0 Å². The zero-order valence-electron chi connectivity index (χ0n) is 33.5. The summed E-state index contributed by atoms with van der Waals surface area (Å²) in [6.07, 6.45) is 0. The van der Waals surface area contributed by atoms with Crippen molar-refractivity contribution in [2.24, 2.45) is 0 Å². The molecule has 0 aromatic heterocycles. The number of rotatable bonds is 6. The van der Waals surface area contributed by atoms with Crippen LogP contribution in [0, 0.1) is 0 Å². The molecule has 0 bridgehead atoms. The van der Waals surface area contributed by atoms with Gasteiger partial charge >= 0.3 is 0 Å². The molecule has 0 aliphatic carbocycles. The van der Waals surface area contributed by atoms with Gasteiger partial charge in [-0.25, -0.2) is 0 Å². The molecule has 1 heteroatoms. The Labute approximate surface area is 355 Å². The van der Waals surface area contributed by atoms with Crippen molar-refractivity contribution in [1.29, 1.82) is 0 Å². The molecular weight excluding hydrogens is 735 g/mol. The Kier molecular flexibility index (Phi) is 8.25. The molecule has 0 N–H and O–H groups in total. The summed E-state index contributed by atoms with van der Waals surface area (Å²) < 4.78 is 0. The van der Waals surface area contributed by atoms with Crippen molar-refractivity contribution in [2.75, 3.05) is 4.90 Å². The molecule has 0 saturated carbocycles. The van der Waals surface area contributed by atoms with Crippen molar-refractivity contribution in [1.82, 2.24) is 0 Å². The number of hydrogen-bond acceptors (Lipinski definition) is 1. The van der Waals surface area contributed by atoms with Gasteiger partial charge in [-0.1, -0.05) is 188 Å². The van der Waals surface area contributed by atoms with Crippen LogP contribution in [0.1, 0.15) is 0 Å². The van der Waals surface area contributed by atoms with E-state index in [1.807, 2.05) is 0 Å². The maximum Gasteiger partial charge on any atom is 0.0546 e. The summed E-state index contributed by atoms with van der Waals surface area (Å²) in [5.41, 5.74) is 10.5. The second-order valence-electron chi connectivity index (χ2n) is 16.1. The molecule has 0 aliphatic heterocycles. The van der Waals surface area contributed by atoms with Gasteiger partial charge in [0.05, 0.1) is 5.69 Å². The highest BCUT2D eigenvalue weighted by Gasteiger charge is 2.21. The average Bonchev–Trinajstić information content (AvgIpc) is 3.34. The summed E-state index contributed by atoms with van der Waals surface area (Å²) in [7, 11) is 0. The quantitative estimate of drug-likeness (QED) is 0.152. The minimum Gasteiger partial charge on any atom is -0.310 e. The van der Waals surface area contributed by atoms with E-state index in [9.17, 15) is 0 Å². The fraction of sp³-hybridized carbons (Fsp3) is 0. The predicted molar refractivity (Wildman–Crippen MR) is 262 cm³/mol. The van der Waals surface area contributed by atoms with Gasteiger partial charge in [0, 0.05) is 16.9 Å². The van der Waals surface area contributed by atoms with E-state index in [-0.39, 0.29) is 0 Å². The summed E-state index contributed by atoms with van der Waals surface area (Å²) in [5, 5.41) is 15.0. The smallest absolute Gasteiger partial charge is 0.0546 e. The highest BCUT2D eigenvalue weighted by atomic mass is 15.1. The lowest BCUT2D eigenvalue weighted by molar-refractivity contribution is 1.29. The molecule has 1 nitrogen and oxygen atoms in total. The molecule has 0 amide bonds. The Morgan fingerprint density at radius 3 is 1.46 bits per heavy atom. The van der Waals surface area contributed by atoms with Gasteiger partial charge < -0.3 is 4.90 Å². The largest absolute Gasteiger partial charge is 0.310 e. The van der Waals surface area contributed by atoms with Gasteiger partial charge in [0.1, 0.15) is 0 Å². The van der Waals surface area contributed by atoms with Crippen LogP contribution in [0.2, 0.25) is 0 Å². The average molecular weight is 774 g/mol. The summed E-state index contributed by atoms with van der Waals surface area (Å²) in [6.45, 7) is 0. The van der Waals surface area contributed by atoms with Gasteiger partial charge in [-0.05, 0) is 141 Å². The Morgan fingerprint density at radius 1 is 0.213 bits per heavy atom. The fourth-order valence-corrected chi connectivity index (χ4v) is 9.60. The molecule has 0 radical (unpaired) electrons. The van der Waals surface area contributed by atoms with Gasteiger partial charge in [-0.2, -0.15) is 0 Å². The van der Waals surface area contributed by atoms with Crippen LogP contribution in [0.25, 0.3) is 98.0 Å². The standard InChI is InChI=1S/C60H39N/c1-2-13-40(14-3-1)41-27-30-49(31-28-41)61(50-32-34-53-48(36-50)26-25-42-15-6-8-21-51(42)53)60-38-45-18-5-4-17-44(45)37-58(60)47-20-12-19-46(35-47)57-39-59-52-22-9-7-16-43(52)29-33-56(59)54-23-10-11-24-55(54)57/h1-39H. The second kappa shape index (κ2) is 14.4. The molecule has 12 aromatic rings. The van der Waals surface area contributed by atoms with Gasteiger partial charge in [0.25, 0.3) is 0 Å². The van der Waals surface area contributed by atoms with E-state index in [0.717, 1.165) is 22.6 Å². The maximum absolute atomic E-state index is 2.45. The summed E-state index contributed by atoms with van der Waals surface area (Å²) in [5.74, 6) is 0. The van der Waals surface area contributed by atoms with Crippen molar-refractivity contribution in [3.63, 3.8) is 0 Å². The van der Waals surface area contributed by atoms with E-state index in [0.29, 0.717) is 0 Å². The van der Waals surface area contributed by atoms with Gasteiger partial charge in [-0.3, -0.25) is 0 Å². The maximum atomic E-state index is 2.45. The minimum absolute atomic E-state index is 1.10. The third kappa shape index (κ3) is 6.02. The number of benzene rings is 12. The van der Waals surface area contributed by atoms with Crippen molar-refractivity contribution in [2.45, 2.75) is 0 Å². The Balaban J connectivity index is 1.09. The zero-order chi connectivity index (χ0) is 40.3. The van der Waals surface area contributed by atoms with Crippen LogP contribution in [0.3, 0.4) is 0 Å². The van der Waals surface area contributed by atoms with Crippen LogP contribution in [0.4, 0.5) is 17.1 Å². The van der Waals surface area contributed by atoms with E-state index in [1.54, 1.807) is 0 Å². The molecule has 0 atom stereocenters. The lowest BCUT2D eigenvalue weighted by Gasteiger charge is -2.29. The van der Waals surface area contributed by atoms with Crippen LogP contribution in [-0.2, 0) is 0 Å². The second-order valence-corrected chi connectivity index (χ2v) is 16.1. The molecule has 284 valence electrons. The zero-order valence-corrected chi connectivity index (χ0v) is 33.5. The molecule has 12 aromatic carbocycles. The van der Waals surface area contributed by atoms with Crippen LogP contribution in [0.15, 0.2) is 237 Å². The van der Waals surface area contributed by atoms with Crippen molar-refractivity contribution in [3.05, 3.63) is 237 Å². The molecule has 0 aliphatic rings. The fourth-order valence-electron chi connectivity index (χ4n) is 9.60. The van der Waals surface area contributed by atoms with Crippen LogP contribution in [-0.4, -0.2) is 0 Å².